The van der Waals surface area contributed by atoms with Crippen LogP contribution in [0.15, 0.2) is 36.8 Å². The summed E-state index contributed by atoms with van der Waals surface area (Å²) < 4.78 is 1.83. The molecule has 1 aliphatic rings. The Morgan fingerprint density at radius 3 is 2.83 bits per heavy atom. The van der Waals surface area contributed by atoms with Crippen LogP contribution in [-0.2, 0) is 13.1 Å². The van der Waals surface area contributed by atoms with Gasteiger partial charge in [0.1, 0.15) is 0 Å². The van der Waals surface area contributed by atoms with Crippen molar-refractivity contribution >= 4 is 22.8 Å². The Labute approximate surface area is 169 Å². The quantitative estimate of drug-likeness (QED) is 0.593. The van der Waals surface area contributed by atoms with Crippen LogP contribution in [0.1, 0.15) is 48.5 Å². The molecule has 0 atom stereocenters. The van der Waals surface area contributed by atoms with Crippen molar-refractivity contribution in [2.24, 2.45) is 0 Å². The fourth-order valence-corrected chi connectivity index (χ4v) is 3.59. The van der Waals surface area contributed by atoms with Gasteiger partial charge in [0.2, 0.25) is 5.95 Å². The Kier molecular flexibility index (Phi) is 5.71. The van der Waals surface area contributed by atoms with Crippen LogP contribution in [0.4, 0.5) is 5.95 Å². The number of benzene rings is 1. The molecule has 1 fully saturated rings. The van der Waals surface area contributed by atoms with E-state index in [1.165, 1.54) is 0 Å². The summed E-state index contributed by atoms with van der Waals surface area (Å²) in [5.41, 5.74) is 2.25. The smallest absolute Gasteiger partial charge is 0.251 e. The van der Waals surface area contributed by atoms with Crippen LogP contribution < -0.4 is 10.6 Å². The first-order valence-electron chi connectivity index (χ1n) is 10.1. The fraction of sp³-hybridized carbons (Fsp3) is 0.429. The lowest BCUT2D eigenvalue weighted by molar-refractivity contribution is 0.0951. The standard InChI is InChI=1S/C21H26N6O2/c1-2-27-13-14(11-24-27)10-22-20(29)15-3-4-16-12-23-21(26-19(16)9-15)25-17-5-7-18(28)8-6-17/h3-4,9,11-13,17-18,28H,2,5-8,10H2,1H3,(H,22,29)(H,23,25,26). The minimum absolute atomic E-state index is 0.148. The first-order valence-corrected chi connectivity index (χ1v) is 10.1. The highest BCUT2D eigenvalue weighted by molar-refractivity contribution is 5.97. The second kappa shape index (κ2) is 8.57. The van der Waals surface area contributed by atoms with Gasteiger partial charge in [-0.3, -0.25) is 9.48 Å². The first kappa shape index (κ1) is 19.3. The molecular formula is C21H26N6O2. The number of hydrogen-bond donors (Lipinski definition) is 3. The Hall–Kier alpha value is -3.00. The molecule has 0 bridgehead atoms. The van der Waals surface area contributed by atoms with Crippen molar-refractivity contribution in [3.8, 4) is 0 Å². The van der Waals surface area contributed by atoms with Gasteiger partial charge in [-0.1, -0.05) is 6.07 Å². The van der Waals surface area contributed by atoms with Crippen LogP contribution in [0.5, 0.6) is 0 Å². The molecule has 1 aliphatic carbocycles. The maximum absolute atomic E-state index is 12.5. The summed E-state index contributed by atoms with van der Waals surface area (Å²) in [6.07, 6.45) is 8.67. The molecule has 4 rings (SSSR count). The number of hydrogen-bond acceptors (Lipinski definition) is 6. The van der Waals surface area contributed by atoms with Gasteiger partial charge in [-0.2, -0.15) is 5.10 Å². The van der Waals surface area contributed by atoms with Gasteiger partial charge in [-0.25, -0.2) is 9.97 Å². The maximum atomic E-state index is 12.5. The average Bonchev–Trinajstić information content (AvgIpc) is 3.21. The third kappa shape index (κ3) is 4.71. The molecule has 0 aliphatic heterocycles. The maximum Gasteiger partial charge on any atom is 0.251 e. The van der Waals surface area contributed by atoms with Gasteiger partial charge in [0, 0.05) is 48.0 Å². The van der Waals surface area contributed by atoms with E-state index < -0.39 is 0 Å². The molecule has 2 heterocycles. The topological polar surface area (TPSA) is 105 Å². The molecule has 3 N–H and O–H groups in total. The Morgan fingerprint density at radius 2 is 2.07 bits per heavy atom. The highest BCUT2D eigenvalue weighted by Crippen LogP contribution is 2.22. The number of aliphatic hydroxyl groups is 1. The van der Waals surface area contributed by atoms with Gasteiger partial charge in [0.15, 0.2) is 0 Å². The Morgan fingerprint density at radius 1 is 1.24 bits per heavy atom. The molecule has 0 unspecified atom stereocenters. The predicted molar refractivity (Wildman–Crippen MR) is 110 cm³/mol. The van der Waals surface area contributed by atoms with E-state index in [0.29, 0.717) is 18.1 Å². The molecule has 3 aromatic rings. The molecule has 8 heteroatoms. The summed E-state index contributed by atoms with van der Waals surface area (Å²) in [4.78, 5) is 21.5. The van der Waals surface area contributed by atoms with Crippen molar-refractivity contribution in [2.75, 3.05) is 5.32 Å². The van der Waals surface area contributed by atoms with Crippen molar-refractivity contribution in [3.05, 3.63) is 47.9 Å². The molecule has 1 saturated carbocycles. The van der Waals surface area contributed by atoms with Crippen LogP contribution in [0.25, 0.3) is 10.9 Å². The number of nitrogens with one attached hydrogen (secondary N) is 2. The lowest BCUT2D eigenvalue weighted by atomic mass is 9.93. The summed E-state index contributed by atoms with van der Waals surface area (Å²) in [7, 11) is 0. The molecule has 8 nitrogen and oxygen atoms in total. The zero-order valence-electron chi connectivity index (χ0n) is 16.5. The minimum Gasteiger partial charge on any atom is -0.393 e. The summed E-state index contributed by atoms with van der Waals surface area (Å²) in [5.74, 6) is 0.411. The number of rotatable bonds is 6. The molecule has 0 radical (unpaired) electrons. The monoisotopic (exact) mass is 394 g/mol. The van der Waals surface area contributed by atoms with Gasteiger partial charge in [-0.05, 0) is 44.7 Å². The van der Waals surface area contributed by atoms with Crippen molar-refractivity contribution in [2.45, 2.75) is 57.8 Å². The predicted octanol–water partition coefficient (Wildman–Crippen LogP) is 2.49. The highest BCUT2D eigenvalue weighted by atomic mass is 16.3. The zero-order chi connectivity index (χ0) is 20.2. The van der Waals surface area contributed by atoms with Crippen LogP contribution in [0.2, 0.25) is 0 Å². The van der Waals surface area contributed by atoms with Crippen LogP contribution >= 0.6 is 0 Å². The third-order valence-corrected chi connectivity index (χ3v) is 5.34. The number of carbonyl (C=O) groups is 1. The average molecular weight is 394 g/mol. The number of aliphatic hydroxyl groups excluding tert-OH is 1. The van der Waals surface area contributed by atoms with Gasteiger partial charge in [-0.15, -0.1) is 0 Å². The van der Waals surface area contributed by atoms with E-state index in [0.717, 1.165) is 48.7 Å². The van der Waals surface area contributed by atoms with Gasteiger partial charge >= 0.3 is 0 Å². The number of aromatic nitrogens is 4. The normalized spacial score (nSPS) is 19.2. The van der Waals surface area contributed by atoms with E-state index in [1.54, 1.807) is 24.5 Å². The Bertz CT molecular complexity index is 994. The number of aryl methyl sites for hydroxylation is 1. The number of anilines is 1. The second-order valence-corrected chi connectivity index (χ2v) is 7.50. The molecule has 1 amide bonds. The number of amides is 1. The minimum atomic E-state index is -0.192. The molecule has 0 spiro atoms. The van der Waals surface area contributed by atoms with Crippen LogP contribution in [-0.4, -0.2) is 42.9 Å². The highest BCUT2D eigenvalue weighted by Gasteiger charge is 2.20. The number of nitrogens with zero attached hydrogens (tertiary/aromatic N) is 4. The second-order valence-electron chi connectivity index (χ2n) is 7.50. The summed E-state index contributed by atoms with van der Waals surface area (Å²) in [6, 6.07) is 5.70. The van der Waals surface area contributed by atoms with Gasteiger partial charge < -0.3 is 15.7 Å². The number of fused-ring (bicyclic) bond motifs is 1. The molecular weight excluding hydrogens is 368 g/mol. The number of carbonyl (C=O) groups excluding carboxylic acids is 1. The van der Waals surface area contributed by atoms with Crippen molar-refractivity contribution in [1.82, 2.24) is 25.1 Å². The molecule has 29 heavy (non-hydrogen) atoms. The zero-order valence-corrected chi connectivity index (χ0v) is 16.5. The molecule has 0 saturated heterocycles. The lowest BCUT2D eigenvalue weighted by Crippen LogP contribution is -2.28. The van der Waals surface area contributed by atoms with E-state index in [1.807, 2.05) is 23.9 Å². The van der Waals surface area contributed by atoms with E-state index in [4.69, 9.17) is 0 Å². The van der Waals surface area contributed by atoms with Crippen molar-refractivity contribution in [1.29, 1.82) is 0 Å². The summed E-state index contributed by atoms with van der Waals surface area (Å²) in [5, 5.41) is 21.0. The SMILES string of the molecule is CCn1cc(CNC(=O)c2ccc3cnc(NC4CCC(O)CC4)nc3c2)cn1. The summed E-state index contributed by atoms with van der Waals surface area (Å²) >= 11 is 0. The summed E-state index contributed by atoms with van der Waals surface area (Å²) in [6.45, 7) is 3.25. The van der Waals surface area contributed by atoms with E-state index in [2.05, 4.69) is 25.7 Å². The molecule has 2 aromatic heterocycles. The van der Waals surface area contributed by atoms with Crippen LogP contribution in [0, 0.1) is 0 Å². The third-order valence-electron chi connectivity index (χ3n) is 5.34. The van der Waals surface area contributed by atoms with Gasteiger partial charge in [0.05, 0.1) is 17.8 Å². The Balaban J connectivity index is 1.43. The van der Waals surface area contributed by atoms with E-state index >= 15 is 0 Å². The van der Waals surface area contributed by atoms with Gasteiger partial charge in [0.25, 0.3) is 5.91 Å². The fourth-order valence-electron chi connectivity index (χ4n) is 3.59. The lowest BCUT2D eigenvalue weighted by Gasteiger charge is -2.26. The van der Waals surface area contributed by atoms with Crippen molar-refractivity contribution < 1.29 is 9.90 Å². The van der Waals surface area contributed by atoms with E-state index in [9.17, 15) is 9.90 Å². The molecule has 152 valence electrons. The van der Waals surface area contributed by atoms with Crippen LogP contribution in [0.3, 0.4) is 0 Å². The largest absolute Gasteiger partial charge is 0.393 e. The van der Waals surface area contributed by atoms with E-state index in [-0.39, 0.29) is 18.1 Å². The van der Waals surface area contributed by atoms with Crippen molar-refractivity contribution in [3.63, 3.8) is 0 Å². The molecule has 1 aromatic carbocycles. The first-order chi connectivity index (χ1) is 14.1.